The molecular formula is C22H25N3O4. The maximum Gasteiger partial charge on any atom is 0.331 e. The van der Waals surface area contributed by atoms with Gasteiger partial charge in [0.2, 0.25) is 0 Å². The van der Waals surface area contributed by atoms with Crippen molar-refractivity contribution in [2.24, 2.45) is 0 Å². The van der Waals surface area contributed by atoms with E-state index in [4.69, 9.17) is 4.74 Å². The molecule has 0 spiro atoms. The van der Waals surface area contributed by atoms with Crippen molar-refractivity contribution in [1.29, 1.82) is 0 Å². The van der Waals surface area contributed by atoms with Gasteiger partial charge in [0.15, 0.2) is 6.61 Å². The molecule has 1 aliphatic rings. The van der Waals surface area contributed by atoms with E-state index in [0.29, 0.717) is 17.3 Å². The van der Waals surface area contributed by atoms with E-state index in [9.17, 15) is 14.4 Å². The van der Waals surface area contributed by atoms with Crippen LogP contribution in [-0.4, -0.2) is 36.0 Å². The summed E-state index contributed by atoms with van der Waals surface area (Å²) in [4.78, 5) is 35.4. The number of anilines is 1. The zero-order valence-electron chi connectivity index (χ0n) is 16.8. The monoisotopic (exact) mass is 395 g/mol. The van der Waals surface area contributed by atoms with Gasteiger partial charge in [-0.2, -0.15) is 0 Å². The molecule has 2 N–H and O–H groups in total. The second-order valence-corrected chi connectivity index (χ2v) is 7.07. The van der Waals surface area contributed by atoms with E-state index in [1.54, 1.807) is 37.4 Å². The maximum absolute atomic E-state index is 12.0. The first-order valence-corrected chi connectivity index (χ1v) is 9.54. The second-order valence-electron chi connectivity index (χ2n) is 7.07. The van der Waals surface area contributed by atoms with Crippen LogP contribution in [0.5, 0.6) is 0 Å². The predicted molar refractivity (Wildman–Crippen MR) is 111 cm³/mol. The number of carbonyl (C=O) groups excluding carboxylic acids is 3. The lowest BCUT2D eigenvalue weighted by Crippen LogP contribution is -2.20. The van der Waals surface area contributed by atoms with Crippen LogP contribution in [0.3, 0.4) is 0 Å². The Morgan fingerprint density at radius 1 is 1.17 bits per heavy atom. The molecule has 29 heavy (non-hydrogen) atoms. The van der Waals surface area contributed by atoms with Gasteiger partial charge < -0.3 is 19.9 Å². The number of hydrogen-bond donors (Lipinski definition) is 2. The van der Waals surface area contributed by atoms with Crippen molar-refractivity contribution in [1.82, 2.24) is 9.88 Å². The number of carbonyl (C=O) groups is 3. The molecule has 1 saturated carbocycles. The third kappa shape index (κ3) is 5.13. The average molecular weight is 395 g/mol. The molecule has 1 aliphatic carbocycles. The third-order valence-electron chi connectivity index (χ3n) is 4.84. The SMILES string of the molecule is CNC(=O)c1ccc(NC(=O)COC(=O)/C=C/c2cc(C)n(C3CC3)c2C)cc1. The number of esters is 1. The summed E-state index contributed by atoms with van der Waals surface area (Å²) in [5, 5.41) is 5.14. The van der Waals surface area contributed by atoms with Crippen LogP contribution < -0.4 is 10.6 Å². The zero-order valence-corrected chi connectivity index (χ0v) is 16.8. The Balaban J connectivity index is 1.49. The fourth-order valence-electron chi connectivity index (χ4n) is 3.25. The third-order valence-corrected chi connectivity index (χ3v) is 4.84. The molecule has 0 saturated heterocycles. The molecule has 1 aromatic carbocycles. The van der Waals surface area contributed by atoms with Crippen molar-refractivity contribution in [3.8, 4) is 0 Å². The van der Waals surface area contributed by atoms with E-state index in [0.717, 1.165) is 11.3 Å². The Morgan fingerprint density at radius 3 is 2.48 bits per heavy atom. The van der Waals surface area contributed by atoms with Gasteiger partial charge in [-0.05, 0) is 68.7 Å². The van der Waals surface area contributed by atoms with Crippen molar-refractivity contribution >= 4 is 29.5 Å². The fourth-order valence-corrected chi connectivity index (χ4v) is 3.25. The van der Waals surface area contributed by atoms with E-state index in [-0.39, 0.29) is 12.5 Å². The largest absolute Gasteiger partial charge is 0.452 e. The van der Waals surface area contributed by atoms with Crippen molar-refractivity contribution in [2.75, 3.05) is 19.0 Å². The van der Waals surface area contributed by atoms with Crippen LogP contribution in [-0.2, 0) is 14.3 Å². The smallest absolute Gasteiger partial charge is 0.331 e. The Hall–Kier alpha value is -3.35. The lowest BCUT2D eigenvalue weighted by atomic mass is 10.2. The highest BCUT2D eigenvalue weighted by atomic mass is 16.5. The minimum Gasteiger partial charge on any atom is -0.452 e. The highest BCUT2D eigenvalue weighted by molar-refractivity contribution is 5.96. The lowest BCUT2D eigenvalue weighted by Gasteiger charge is -2.07. The number of nitrogens with zero attached hydrogens (tertiary/aromatic N) is 1. The van der Waals surface area contributed by atoms with Crippen molar-refractivity contribution < 1.29 is 19.1 Å². The van der Waals surface area contributed by atoms with Gasteiger partial charge in [0, 0.05) is 41.8 Å². The van der Waals surface area contributed by atoms with Gasteiger partial charge in [-0.25, -0.2) is 4.79 Å². The molecule has 152 valence electrons. The Bertz CT molecular complexity index is 953. The molecule has 0 unspecified atom stereocenters. The Morgan fingerprint density at radius 2 is 1.86 bits per heavy atom. The minimum absolute atomic E-state index is 0.207. The van der Waals surface area contributed by atoms with E-state index in [2.05, 4.69) is 22.1 Å². The van der Waals surface area contributed by atoms with Crippen LogP contribution in [0.2, 0.25) is 0 Å². The molecule has 3 rings (SSSR count). The van der Waals surface area contributed by atoms with Crippen LogP contribution in [0, 0.1) is 13.8 Å². The molecule has 7 nitrogen and oxygen atoms in total. The van der Waals surface area contributed by atoms with Gasteiger partial charge in [-0.1, -0.05) is 0 Å². The first kappa shape index (κ1) is 20.4. The van der Waals surface area contributed by atoms with Crippen LogP contribution >= 0.6 is 0 Å². The quantitative estimate of drug-likeness (QED) is 0.557. The van der Waals surface area contributed by atoms with Crippen molar-refractivity contribution in [3.63, 3.8) is 0 Å². The first-order valence-electron chi connectivity index (χ1n) is 9.54. The van der Waals surface area contributed by atoms with E-state index >= 15 is 0 Å². The van der Waals surface area contributed by atoms with Crippen LogP contribution in [0.15, 0.2) is 36.4 Å². The normalized spacial score (nSPS) is 13.3. The number of rotatable bonds is 7. The number of aryl methyl sites for hydroxylation is 1. The molecule has 0 radical (unpaired) electrons. The maximum atomic E-state index is 12.0. The summed E-state index contributed by atoms with van der Waals surface area (Å²) in [5.41, 5.74) is 4.30. The number of benzene rings is 1. The van der Waals surface area contributed by atoms with Crippen LogP contribution in [0.25, 0.3) is 6.08 Å². The van der Waals surface area contributed by atoms with Gasteiger partial charge in [0.25, 0.3) is 11.8 Å². The van der Waals surface area contributed by atoms with Gasteiger partial charge in [-0.15, -0.1) is 0 Å². The summed E-state index contributed by atoms with van der Waals surface area (Å²) < 4.78 is 7.30. The van der Waals surface area contributed by atoms with Gasteiger partial charge in [0.1, 0.15) is 0 Å². The molecule has 0 aliphatic heterocycles. The number of amides is 2. The highest BCUT2D eigenvalue weighted by Crippen LogP contribution is 2.38. The second kappa shape index (κ2) is 8.77. The zero-order chi connectivity index (χ0) is 21.0. The number of ether oxygens (including phenoxy) is 1. The van der Waals surface area contributed by atoms with Gasteiger partial charge >= 0.3 is 5.97 Å². The molecule has 1 heterocycles. The average Bonchev–Trinajstić information content (AvgIpc) is 3.50. The van der Waals surface area contributed by atoms with Crippen LogP contribution in [0.4, 0.5) is 5.69 Å². The number of aromatic nitrogens is 1. The summed E-state index contributed by atoms with van der Waals surface area (Å²) in [6.45, 7) is 3.72. The molecule has 7 heteroatoms. The molecule has 2 amide bonds. The van der Waals surface area contributed by atoms with Crippen molar-refractivity contribution in [2.45, 2.75) is 32.7 Å². The lowest BCUT2D eigenvalue weighted by molar-refractivity contribution is -0.142. The summed E-state index contributed by atoms with van der Waals surface area (Å²) >= 11 is 0. The predicted octanol–water partition coefficient (Wildman–Crippen LogP) is 2.99. The molecule has 0 atom stereocenters. The number of nitrogens with one attached hydrogen (secondary N) is 2. The summed E-state index contributed by atoms with van der Waals surface area (Å²) in [5.74, 6) is -1.24. The topological polar surface area (TPSA) is 89.4 Å². The standard InChI is InChI=1S/C22H25N3O4/c1-14-12-17(15(2)25(14)19-9-10-19)6-11-21(27)29-13-20(26)24-18-7-4-16(5-8-18)22(28)23-3/h4-8,11-12,19H,9-10,13H2,1-3H3,(H,23,28)(H,24,26)/b11-6+. The summed E-state index contributed by atoms with van der Waals surface area (Å²) in [7, 11) is 1.55. The molecular weight excluding hydrogens is 370 g/mol. The molecule has 0 bridgehead atoms. The van der Waals surface area contributed by atoms with Gasteiger partial charge in [0.05, 0.1) is 0 Å². The fraction of sp³-hybridized carbons (Fsp3) is 0.318. The summed E-state index contributed by atoms with van der Waals surface area (Å²) in [6, 6.07) is 9.05. The van der Waals surface area contributed by atoms with E-state index in [1.807, 2.05) is 13.0 Å². The first-order chi connectivity index (χ1) is 13.9. The Kier molecular flexibility index (Phi) is 6.16. The van der Waals surface area contributed by atoms with Gasteiger partial charge in [-0.3, -0.25) is 9.59 Å². The summed E-state index contributed by atoms with van der Waals surface area (Å²) in [6.07, 6.45) is 5.46. The molecule has 1 fully saturated rings. The minimum atomic E-state index is -0.577. The molecule has 1 aromatic heterocycles. The molecule has 2 aromatic rings. The number of hydrogen-bond acceptors (Lipinski definition) is 4. The van der Waals surface area contributed by atoms with Crippen molar-refractivity contribution in [3.05, 3.63) is 58.9 Å². The van der Waals surface area contributed by atoms with E-state index < -0.39 is 11.9 Å². The highest BCUT2D eigenvalue weighted by Gasteiger charge is 2.26. The van der Waals surface area contributed by atoms with Crippen LogP contribution in [0.1, 0.15) is 46.2 Å². The van der Waals surface area contributed by atoms with E-state index in [1.165, 1.54) is 24.6 Å². The Labute approximate surface area is 169 Å².